The summed E-state index contributed by atoms with van der Waals surface area (Å²) in [6.45, 7) is 0.801. The van der Waals surface area contributed by atoms with E-state index in [1.54, 1.807) is 11.3 Å². The fourth-order valence-corrected chi connectivity index (χ4v) is 3.27. The van der Waals surface area contributed by atoms with Crippen LogP contribution in [0.4, 0.5) is 5.69 Å². The first-order valence-electron chi connectivity index (χ1n) is 4.59. The SMILES string of the molecule is Clc1cccc(NCc2ccc(Br)s2)c1Br. The van der Waals surface area contributed by atoms with E-state index in [4.69, 9.17) is 11.6 Å². The third kappa shape index (κ3) is 3.00. The highest BCUT2D eigenvalue weighted by Crippen LogP contribution is 2.31. The van der Waals surface area contributed by atoms with Crippen LogP contribution in [0.15, 0.2) is 38.6 Å². The highest BCUT2D eigenvalue weighted by atomic mass is 79.9. The minimum atomic E-state index is 0.720. The summed E-state index contributed by atoms with van der Waals surface area (Å²) in [6.07, 6.45) is 0. The van der Waals surface area contributed by atoms with Crippen molar-refractivity contribution in [2.24, 2.45) is 0 Å². The molecule has 2 aromatic rings. The van der Waals surface area contributed by atoms with Crippen molar-refractivity contribution >= 4 is 60.5 Å². The zero-order valence-electron chi connectivity index (χ0n) is 8.14. The van der Waals surface area contributed by atoms with Gasteiger partial charge in [-0.25, -0.2) is 0 Å². The molecule has 0 aliphatic carbocycles. The normalized spacial score (nSPS) is 10.4. The Morgan fingerprint density at radius 2 is 2.00 bits per heavy atom. The molecule has 2 rings (SSSR count). The number of halogens is 3. The zero-order valence-corrected chi connectivity index (χ0v) is 12.9. The van der Waals surface area contributed by atoms with Crippen LogP contribution in [0, 0.1) is 0 Å². The standard InChI is InChI=1S/C11H8Br2ClNS/c12-10-5-4-7(16-10)6-15-9-3-1-2-8(14)11(9)13/h1-5,15H,6H2. The molecule has 0 amide bonds. The van der Waals surface area contributed by atoms with Gasteiger partial charge in [0.1, 0.15) is 0 Å². The van der Waals surface area contributed by atoms with E-state index in [1.165, 1.54) is 4.88 Å². The van der Waals surface area contributed by atoms with Crippen molar-refractivity contribution in [3.63, 3.8) is 0 Å². The van der Waals surface area contributed by atoms with Crippen LogP contribution in [-0.4, -0.2) is 0 Å². The van der Waals surface area contributed by atoms with E-state index < -0.39 is 0 Å². The van der Waals surface area contributed by atoms with Crippen LogP contribution in [0.5, 0.6) is 0 Å². The molecular weight excluding hydrogens is 373 g/mol. The topological polar surface area (TPSA) is 12.0 Å². The zero-order chi connectivity index (χ0) is 11.5. The minimum absolute atomic E-state index is 0.720. The fraction of sp³-hybridized carbons (Fsp3) is 0.0909. The molecule has 0 fully saturated rings. The lowest BCUT2D eigenvalue weighted by molar-refractivity contribution is 1.19. The number of thiophene rings is 1. The lowest BCUT2D eigenvalue weighted by atomic mass is 10.3. The largest absolute Gasteiger partial charge is 0.379 e. The number of hydrogen-bond acceptors (Lipinski definition) is 2. The van der Waals surface area contributed by atoms with Crippen molar-refractivity contribution in [2.75, 3.05) is 5.32 Å². The molecule has 0 saturated heterocycles. The number of anilines is 1. The van der Waals surface area contributed by atoms with Gasteiger partial charge in [0, 0.05) is 11.4 Å². The molecule has 1 nitrogen and oxygen atoms in total. The summed E-state index contributed by atoms with van der Waals surface area (Å²) in [5.74, 6) is 0. The van der Waals surface area contributed by atoms with Gasteiger partial charge >= 0.3 is 0 Å². The van der Waals surface area contributed by atoms with Crippen LogP contribution < -0.4 is 5.32 Å². The van der Waals surface area contributed by atoms with Gasteiger partial charge in [-0.3, -0.25) is 0 Å². The molecule has 1 aromatic carbocycles. The molecule has 16 heavy (non-hydrogen) atoms. The monoisotopic (exact) mass is 379 g/mol. The average Bonchev–Trinajstić information content (AvgIpc) is 2.67. The Morgan fingerprint density at radius 3 is 2.69 bits per heavy atom. The Morgan fingerprint density at radius 1 is 1.19 bits per heavy atom. The van der Waals surface area contributed by atoms with E-state index in [0.717, 1.165) is 25.5 Å². The summed E-state index contributed by atoms with van der Waals surface area (Å²) >= 11 is 14.6. The Labute approximate surface area is 120 Å². The van der Waals surface area contributed by atoms with Crippen molar-refractivity contribution in [2.45, 2.75) is 6.54 Å². The lowest BCUT2D eigenvalue weighted by Gasteiger charge is -2.08. The van der Waals surface area contributed by atoms with E-state index >= 15 is 0 Å². The number of benzene rings is 1. The predicted octanol–water partition coefficient (Wildman–Crippen LogP) is 5.54. The van der Waals surface area contributed by atoms with Gasteiger partial charge in [0.25, 0.3) is 0 Å². The molecule has 0 aliphatic rings. The van der Waals surface area contributed by atoms with Gasteiger partial charge in [0.15, 0.2) is 0 Å². The second kappa shape index (κ2) is 5.54. The van der Waals surface area contributed by atoms with Crippen molar-refractivity contribution in [3.05, 3.63) is 48.5 Å². The van der Waals surface area contributed by atoms with E-state index in [-0.39, 0.29) is 0 Å². The molecule has 0 bridgehead atoms. The highest BCUT2D eigenvalue weighted by Gasteiger charge is 2.03. The van der Waals surface area contributed by atoms with Crippen LogP contribution in [0.25, 0.3) is 0 Å². The Hall–Kier alpha value is -0.0300. The van der Waals surface area contributed by atoms with Gasteiger partial charge in [-0.15, -0.1) is 11.3 Å². The average molecular weight is 382 g/mol. The van der Waals surface area contributed by atoms with Crippen molar-refractivity contribution < 1.29 is 0 Å². The van der Waals surface area contributed by atoms with Crippen molar-refractivity contribution in [1.82, 2.24) is 0 Å². The van der Waals surface area contributed by atoms with Crippen LogP contribution in [0.1, 0.15) is 4.88 Å². The molecule has 0 saturated carbocycles. The maximum atomic E-state index is 6.01. The van der Waals surface area contributed by atoms with Crippen molar-refractivity contribution in [1.29, 1.82) is 0 Å². The molecule has 1 aromatic heterocycles. The quantitative estimate of drug-likeness (QED) is 0.736. The molecule has 5 heteroatoms. The summed E-state index contributed by atoms with van der Waals surface area (Å²) in [7, 11) is 0. The smallest absolute Gasteiger partial charge is 0.0702 e. The molecule has 0 spiro atoms. The highest BCUT2D eigenvalue weighted by molar-refractivity contribution is 9.11. The van der Waals surface area contributed by atoms with Crippen LogP contribution >= 0.6 is 54.8 Å². The van der Waals surface area contributed by atoms with Gasteiger partial charge in [-0.1, -0.05) is 17.7 Å². The molecule has 84 valence electrons. The van der Waals surface area contributed by atoms with Crippen molar-refractivity contribution in [3.8, 4) is 0 Å². The number of nitrogens with one attached hydrogen (secondary N) is 1. The molecule has 1 N–H and O–H groups in total. The second-order valence-corrected chi connectivity index (χ2v) is 6.91. The van der Waals surface area contributed by atoms with E-state index in [9.17, 15) is 0 Å². The third-order valence-corrected chi connectivity index (χ3v) is 5.05. The number of hydrogen-bond donors (Lipinski definition) is 1. The van der Waals surface area contributed by atoms with Gasteiger partial charge in [0.2, 0.25) is 0 Å². The summed E-state index contributed by atoms with van der Waals surface area (Å²) in [5.41, 5.74) is 1.01. The van der Waals surface area contributed by atoms with E-state index in [0.29, 0.717) is 0 Å². The summed E-state index contributed by atoms with van der Waals surface area (Å²) in [4.78, 5) is 1.28. The van der Waals surface area contributed by atoms with Crippen LogP contribution in [-0.2, 0) is 6.54 Å². The van der Waals surface area contributed by atoms with E-state index in [1.807, 2.05) is 18.2 Å². The molecule has 0 atom stereocenters. The molecular formula is C11H8Br2ClNS. The third-order valence-electron chi connectivity index (χ3n) is 2.03. The van der Waals surface area contributed by atoms with Gasteiger partial charge in [0.05, 0.1) is 19.0 Å². The maximum absolute atomic E-state index is 6.01. The summed E-state index contributed by atoms with van der Waals surface area (Å²) in [6, 6.07) is 9.94. The van der Waals surface area contributed by atoms with E-state index in [2.05, 4.69) is 49.3 Å². The molecule has 0 aliphatic heterocycles. The van der Waals surface area contributed by atoms with Gasteiger partial charge in [-0.2, -0.15) is 0 Å². The van der Waals surface area contributed by atoms with Crippen LogP contribution in [0.3, 0.4) is 0 Å². The fourth-order valence-electron chi connectivity index (χ4n) is 1.27. The van der Waals surface area contributed by atoms with Gasteiger partial charge < -0.3 is 5.32 Å². The minimum Gasteiger partial charge on any atom is -0.379 e. The first-order chi connectivity index (χ1) is 7.66. The first kappa shape index (κ1) is 12.4. The maximum Gasteiger partial charge on any atom is 0.0702 e. The number of rotatable bonds is 3. The summed E-state index contributed by atoms with van der Waals surface area (Å²) < 4.78 is 2.06. The Balaban J connectivity index is 2.07. The Bertz CT molecular complexity index is 498. The predicted molar refractivity (Wildman–Crippen MR) is 78.5 cm³/mol. The lowest BCUT2D eigenvalue weighted by Crippen LogP contribution is -1.97. The Kier molecular flexibility index (Phi) is 4.30. The molecule has 1 heterocycles. The first-order valence-corrected chi connectivity index (χ1v) is 7.37. The molecule has 0 radical (unpaired) electrons. The van der Waals surface area contributed by atoms with Gasteiger partial charge in [-0.05, 0) is 56.1 Å². The molecule has 0 unspecified atom stereocenters. The summed E-state index contributed by atoms with van der Waals surface area (Å²) in [5, 5.41) is 4.06. The second-order valence-electron chi connectivity index (χ2n) is 3.16. The van der Waals surface area contributed by atoms with Crippen LogP contribution in [0.2, 0.25) is 5.02 Å².